The average Bonchev–Trinajstić information content (AvgIpc) is 2.76. The summed E-state index contributed by atoms with van der Waals surface area (Å²) in [6.07, 6.45) is 1.92. The fraction of sp³-hybridized carbons (Fsp3) is 0.333. The Morgan fingerprint density at radius 2 is 1.82 bits per heavy atom. The van der Waals surface area contributed by atoms with Gasteiger partial charge in [0.2, 0.25) is 0 Å². The van der Waals surface area contributed by atoms with Gasteiger partial charge in [-0.3, -0.25) is 0 Å². The summed E-state index contributed by atoms with van der Waals surface area (Å²) in [5, 5.41) is 4.29. The lowest BCUT2D eigenvalue weighted by molar-refractivity contribution is 0.665. The first-order valence-electron chi connectivity index (χ1n) is 5.98. The van der Waals surface area contributed by atoms with Crippen LogP contribution in [0.1, 0.15) is 22.3 Å². The molecule has 1 heterocycles. The topological polar surface area (TPSA) is 26.0 Å². The van der Waals surface area contributed by atoms with Gasteiger partial charge in [0.25, 0.3) is 0 Å². The van der Waals surface area contributed by atoms with Crippen LogP contribution in [0.5, 0.6) is 0 Å². The van der Waals surface area contributed by atoms with Crippen molar-refractivity contribution < 1.29 is 0 Å². The molecule has 1 aromatic carbocycles. The summed E-state index contributed by atoms with van der Waals surface area (Å²) in [4.78, 5) is 0. The van der Waals surface area contributed by atoms with Gasteiger partial charge in [0.15, 0.2) is 0 Å². The highest BCUT2D eigenvalue weighted by Gasteiger charge is 2.06. The second-order valence-electron chi connectivity index (χ2n) is 4.72. The molecule has 0 fully saturated rings. The van der Waals surface area contributed by atoms with Gasteiger partial charge in [-0.1, -0.05) is 18.2 Å². The Morgan fingerprint density at radius 3 is 2.47 bits per heavy atom. The molecule has 0 saturated carbocycles. The summed E-state index contributed by atoms with van der Waals surface area (Å²) in [6.45, 7) is 4.30. The standard InChI is InChI=1S/C15H19NS/c1-11-3-4-13(7-12(11)2)8-15(16)9-14-5-6-17-10-14/h3-7,10,15H,8-9,16H2,1-2H3. The molecule has 1 unspecified atom stereocenters. The molecule has 0 aliphatic rings. The molecule has 0 aliphatic heterocycles. The number of nitrogens with two attached hydrogens (primary N) is 1. The Kier molecular flexibility index (Phi) is 3.97. The van der Waals surface area contributed by atoms with Crippen molar-refractivity contribution in [2.24, 2.45) is 5.73 Å². The SMILES string of the molecule is Cc1ccc(CC(N)Cc2ccsc2)cc1C. The fourth-order valence-electron chi connectivity index (χ4n) is 2.02. The molecule has 1 atom stereocenters. The number of hydrogen-bond acceptors (Lipinski definition) is 2. The van der Waals surface area contributed by atoms with Gasteiger partial charge in [-0.15, -0.1) is 0 Å². The van der Waals surface area contributed by atoms with Crippen molar-refractivity contribution in [3.8, 4) is 0 Å². The molecule has 90 valence electrons. The summed E-state index contributed by atoms with van der Waals surface area (Å²) in [6, 6.07) is 9.00. The van der Waals surface area contributed by atoms with Crippen molar-refractivity contribution in [1.29, 1.82) is 0 Å². The highest BCUT2D eigenvalue weighted by Crippen LogP contribution is 2.14. The second kappa shape index (κ2) is 5.48. The lowest BCUT2D eigenvalue weighted by Crippen LogP contribution is -2.25. The predicted molar refractivity (Wildman–Crippen MR) is 75.6 cm³/mol. The van der Waals surface area contributed by atoms with E-state index in [1.54, 1.807) is 11.3 Å². The largest absolute Gasteiger partial charge is 0.327 e. The first-order chi connectivity index (χ1) is 8.15. The van der Waals surface area contributed by atoms with Crippen LogP contribution in [-0.4, -0.2) is 6.04 Å². The maximum absolute atomic E-state index is 6.19. The van der Waals surface area contributed by atoms with E-state index in [1.807, 2.05) is 0 Å². The molecule has 0 bridgehead atoms. The van der Waals surface area contributed by atoms with E-state index in [1.165, 1.54) is 22.3 Å². The van der Waals surface area contributed by atoms with Crippen LogP contribution in [0.4, 0.5) is 0 Å². The normalized spacial score (nSPS) is 12.6. The highest BCUT2D eigenvalue weighted by molar-refractivity contribution is 7.07. The summed E-state index contributed by atoms with van der Waals surface area (Å²) < 4.78 is 0. The van der Waals surface area contributed by atoms with Crippen LogP contribution in [0, 0.1) is 13.8 Å². The monoisotopic (exact) mass is 245 g/mol. The minimum Gasteiger partial charge on any atom is -0.327 e. The first kappa shape index (κ1) is 12.3. The van der Waals surface area contributed by atoms with Gasteiger partial charge in [-0.05, 0) is 65.8 Å². The molecular weight excluding hydrogens is 226 g/mol. The maximum Gasteiger partial charge on any atom is 0.0120 e. The van der Waals surface area contributed by atoms with Gasteiger partial charge < -0.3 is 5.73 Å². The van der Waals surface area contributed by atoms with Crippen LogP contribution in [-0.2, 0) is 12.8 Å². The summed E-state index contributed by atoms with van der Waals surface area (Å²) in [7, 11) is 0. The molecule has 2 N–H and O–H groups in total. The molecule has 1 nitrogen and oxygen atoms in total. The van der Waals surface area contributed by atoms with Gasteiger partial charge in [-0.25, -0.2) is 0 Å². The Labute approximate surface area is 107 Å². The van der Waals surface area contributed by atoms with E-state index in [9.17, 15) is 0 Å². The molecule has 0 radical (unpaired) electrons. The van der Waals surface area contributed by atoms with E-state index in [0.717, 1.165) is 12.8 Å². The fourth-order valence-corrected chi connectivity index (χ4v) is 2.70. The molecule has 17 heavy (non-hydrogen) atoms. The molecule has 2 heteroatoms. The third kappa shape index (κ3) is 3.42. The van der Waals surface area contributed by atoms with Gasteiger partial charge >= 0.3 is 0 Å². The summed E-state index contributed by atoms with van der Waals surface area (Å²) in [5.74, 6) is 0. The highest BCUT2D eigenvalue weighted by atomic mass is 32.1. The van der Waals surface area contributed by atoms with Gasteiger partial charge in [-0.2, -0.15) is 11.3 Å². The molecular formula is C15H19NS. The van der Waals surface area contributed by atoms with Gasteiger partial charge in [0.05, 0.1) is 0 Å². The molecule has 0 aliphatic carbocycles. The molecule has 2 rings (SSSR count). The van der Waals surface area contributed by atoms with Crippen LogP contribution in [0.15, 0.2) is 35.0 Å². The summed E-state index contributed by atoms with van der Waals surface area (Å²) in [5.41, 5.74) is 11.6. The first-order valence-corrected chi connectivity index (χ1v) is 6.92. The molecule has 0 spiro atoms. The van der Waals surface area contributed by atoms with E-state index in [2.05, 4.69) is 48.9 Å². The van der Waals surface area contributed by atoms with Crippen LogP contribution >= 0.6 is 11.3 Å². The van der Waals surface area contributed by atoms with Crippen LogP contribution in [0.3, 0.4) is 0 Å². The Hall–Kier alpha value is -1.12. The predicted octanol–water partition coefficient (Wildman–Crippen LogP) is 3.48. The zero-order chi connectivity index (χ0) is 12.3. The van der Waals surface area contributed by atoms with Crippen molar-refractivity contribution >= 4 is 11.3 Å². The Balaban J connectivity index is 1.98. The van der Waals surface area contributed by atoms with Crippen LogP contribution in [0.2, 0.25) is 0 Å². The smallest absolute Gasteiger partial charge is 0.0120 e. The number of aryl methyl sites for hydroxylation is 2. The number of rotatable bonds is 4. The van der Waals surface area contributed by atoms with Crippen LogP contribution < -0.4 is 5.73 Å². The Bertz CT molecular complexity index is 474. The second-order valence-corrected chi connectivity index (χ2v) is 5.50. The van der Waals surface area contributed by atoms with Gasteiger partial charge in [0.1, 0.15) is 0 Å². The number of benzene rings is 1. The lowest BCUT2D eigenvalue weighted by atomic mass is 9.98. The van der Waals surface area contributed by atoms with Crippen LogP contribution in [0.25, 0.3) is 0 Å². The molecule has 0 amide bonds. The maximum atomic E-state index is 6.19. The average molecular weight is 245 g/mol. The summed E-state index contributed by atoms with van der Waals surface area (Å²) >= 11 is 1.74. The number of thiophene rings is 1. The molecule has 2 aromatic rings. The minimum absolute atomic E-state index is 0.215. The third-order valence-electron chi connectivity index (χ3n) is 3.15. The van der Waals surface area contributed by atoms with Gasteiger partial charge in [0, 0.05) is 6.04 Å². The van der Waals surface area contributed by atoms with Crippen molar-refractivity contribution in [1.82, 2.24) is 0 Å². The van der Waals surface area contributed by atoms with Crippen molar-refractivity contribution in [3.63, 3.8) is 0 Å². The Morgan fingerprint density at radius 1 is 1.06 bits per heavy atom. The van der Waals surface area contributed by atoms with E-state index >= 15 is 0 Å². The van der Waals surface area contributed by atoms with Crippen molar-refractivity contribution in [2.75, 3.05) is 0 Å². The third-order valence-corrected chi connectivity index (χ3v) is 3.88. The van der Waals surface area contributed by atoms with E-state index in [4.69, 9.17) is 5.73 Å². The zero-order valence-corrected chi connectivity index (χ0v) is 11.3. The lowest BCUT2D eigenvalue weighted by Gasteiger charge is -2.12. The van der Waals surface area contributed by atoms with Crippen molar-refractivity contribution in [2.45, 2.75) is 32.7 Å². The molecule has 1 aromatic heterocycles. The van der Waals surface area contributed by atoms with E-state index in [-0.39, 0.29) is 6.04 Å². The number of hydrogen-bond donors (Lipinski definition) is 1. The van der Waals surface area contributed by atoms with E-state index < -0.39 is 0 Å². The zero-order valence-electron chi connectivity index (χ0n) is 10.4. The van der Waals surface area contributed by atoms with E-state index in [0.29, 0.717) is 0 Å². The minimum atomic E-state index is 0.215. The van der Waals surface area contributed by atoms with Crippen molar-refractivity contribution in [3.05, 3.63) is 57.3 Å². The quantitative estimate of drug-likeness (QED) is 0.877. The molecule has 0 saturated heterocycles.